The average molecular weight is 499 g/mol. The zero-order valence-corrected chi connectivity index (χ0v) is 20.7. The highest BCUT2D eigenvalue weighted by Gasteiger charge is 2.20. The molecule has 0 saturated heterocycles. The van der Waals surface area contributed by atoms with E-state index in [1.165, 1.54) is 68.9 Å². The Kier molecular flexibility index (Phi) is 10.8. The van der Waals surface area contributed by atoms with Gasteiger partial charge in [-0.25, -0.2) is 0 Å². The minimum absolute atomic E-state index is 0.127. The molecule has 0 aliphatic heterocycles. The molecule has 0 radical (unpaired) electrons. The molecular weight excluding hydrogens is 464 g/mol. The van der Waals surface area contributed by atoms with E-state index in [0.717, 1.165) is 31.7 Å². The first-order valence-corrected chi connectivity index (χ1v) is 14.4. The highest BCUT2D eigenvalue weighted by Crippen LogP contribution is 2.32. The van der Waals surface area contributed by atoms with E-state index in [0.29, 0.717) is 12.0 Å². The fourth-order valence-corrected chi connectivity index (χ4v) is 5.02. The van der Waals surface area contributed by atoms with Crippen LogP contribution in [0.1, 0.15) is 76.7 Å². The van der Waals surface area contributed by atoms with Crippen molar-refractivity contribution in [3.63, 3.8) is 0 Å². The standard InChI is InChI=1S/C24H34O7S2/c1-2-3-4-5-6-7-8-9-10-11-16-22-23(17-13-18-24(22)33(28,29)30)31-20-14-12-15-21(19-20)32(25,26)27/h12-15,17-19H,2-11,16H2,1H3,(H,25,26,27)(H,28,29,30). The number of hydrogen-bond donors (Lipinski definition) is 2. The van der Waals surface area contributed by atoms with Crippen molar-refractivity contribution in [2.45, 2.75) is 87.3 Å². The largest absolute Gasteiger partial charge is 0.457 e. The molecule has 0 saturated carbocycles. The number of benzene rings is 2. The van der Waals surface area contributed by atoms with Crippen LogP contribution >= 0.6 is 0 Å². The van der Waals surface area contributed by atoms with Gasteiger partial charge in [-0.1, -0.05) is 76.8 Å². The zero-order chi connectivity index (χ0) is 24.3. The maximum absolute atomic E-state index is 11.9. The fourth-order valence-electron chi connectivity index (χ4n) is 3.74. The smallest absolute Gasteiger partial charge is 0.294 e. The lowest BCUT2D eigenvalue weighted by molar-refractivity contribution is 0.459. The minimum Gasteiger partial charge on any atom is -0.457 e. The summed E-state index contributed by atoms with van der Waals surface area (Å²) in [5, 5.41) is 0. The summed E-state index contributed by atoms with van der Waals surface area (Å²) in [6.45, 7) is 2.20. The Bertz CT molecular complexity index is 1090. The van der Waals surface area contributed by atoms with Gasteiger partial charge in [-0.15, -0.1) is 0 Å². The molecule has 0 unspecified atom stereocenters. The highest BCUT2D eigenvalue weighted by atomic mass is 32.2. The first kappa shape index (κ1) is 27.3. The molecular formula is C24H34O7S2. The molecule has 33 heavy (non-hydrogen) atoms. The van der Waals surface area contributed by atoms with Crippen LogP contribution < -0.4 is 4.74 Å². The van der Waals surface area contributed by atoms with Gasteiger partial charge in [0.05, 0.1) is 4.90 Å². The van der Waals surface area contributed by atoms with Gasteiger partial charge in [-0.3, -0.25) is 9.11 Å². The first-order valence-electron chi connectivity index (χ1n) is 11.5. The summed E-state index contributed by atoms with van der Waals surface area (Å²) >= 11 is 0. The Hall–Kier alpha value is -1.94. The fraction of sp³-hybridized carbons (Fsp3) is 0.500. The quantitative estimate of drug-likeness (QED) is 0.214. The third kappa shape index (κ3) is 9.44. The Labute approximate surface area is 197 Å². The molecule has 0 aliphatic carbocycles. The minimum atomic E-state index is -4.46. The molecule has 0 heterocycles. The number of hydrogen-bond acceptors (Lipinski definition) is 5. The molecule has 9 heteroatoms. The van der Waals surface area contributed by atoms with Crippen LogP contribution in [0.4, 0.5) is 0 Å². The molecule has 0 fully saturated rings. The van der Waals surface area contributed by atoms with Gasteiger partial charge in [0, 0.05) is 11.6 Å². The zero-order valence-electron chi connectivity index (χ0n) is 19.1. The second-order valence-electron chi connectivity index (χ2n) is 8.19. The van der Waals surface area contributed by atoms with Crippen LogP contribution in [0.25, 0.3) is 0 Å². The Balaban J connectivity index is 2.05. The predicted octanol–water partition coefficient (Wildman–Crippen LogP) is 6.44. The van der Waals surface area contributed by atoms with E-state index >= 15 is 0 Å². The van der Waals surface area contributed by atoms with Crippen LogP contribution in [0.15, 0.2) is 52.3 Å². The molecule has 0 spiro atoms. The van der Waals surface area contributed by atoms with E-state index in [4.69, 9.17) is 4.74 Å². The van der Waals surface area contributed by atoms with E-state index in [1.54, 1.807) is 6.07 Å². The van der Waals surface area contributed by atoms with E-state index in [2.05, 4.69) is 6.92 Å². The van der Waals surface area contributed by atoms with Crippen molar-refractivity contribution in [3.8, 4) is 11.5 Å². The lowest BCUT2D eigenvalue weighted by atomic mass is 10.0. The second-order valence-corrected chi connectivity index (χ2v) is 11.0. The van der Waals surface area contributed by atoms with Crippen LogP contribution in [0.2, 0.25) is 0 Å². The second kappa shape index (κ2) is 13.1. The van der Waals surface area contributed by atoms with E-state index in [1.807, 2.05) is 0 Å². The van der Waals surface area contributed by atoms with Crippen molar-refractivity contribution < 1.29 is 30.7 Å². The molecule has 7 nitrogen and oxygen atoms in total. The Morgan fingerprint density at radius 1 is 0.727 bits per heavy atom. The molecule has 2 rings (SSSR count). The van der Waals surface area contributed by atoms with Crippen LogP contribution in [0, 0.1) is 0 Å². The third-order valence-corrected chi connectivity index (χ3v) is 7.27. The molecule has 0 aliphatic rings. The van der Waals surface area contributed by atoms with Crippen LogP contribution in [0.5, 0.6) is 11.5 Å². The van der Waals surface area contributed by atoms with Crippen LogP contribution in [0.3, 0.4) is 0 Å². The summed E-state index contributed by atoms with van der Waals surface area (Å²) in [7, 11) is -8.87. The molecule has 2 aromatic rings. The summed E-state index contributed by atoms with van der Waals surface area (Å²) in [4.78, 5) is -0.552. The van der Waals surface area contributed by atoms with E-state index in [-0.39, 0.29) is 21.3 Å². The monoisotopic (exact) mass is 498 g/mol. The third-order valence-electron chi connectivity index (χ3n) is 5.48. The molecule has 0 bridgehead atoms. The maximum atomic E-state index is 11.9. The first-order chi connectivity index (χ1) is 15.6. The van der Waals surface area contributed by atoms with Gasteiger partial charge in [0.15, 0.2) is 0 Å². The molecule has 2 N–H and O–H groups in total. The lowest BCUT2D eigenvalue weighted by Crippen LogP contribution is -2.05. The molecule has 2 aromatic carbocycles. The van der Waals surface area contributed by atoms with Crippen LogP contribution in [-0.2, 0) is 26.7 Å². The summed E-state index contributed by atoms with van der Waals surface area (Å²) < 4.78 is 71.3. The van der Waals surface area contributed by atoms with Crippen molar-refractivity contribution in [1.82, 2.24) is 0 Å². The van der Waals surface area contributed by atoms with Crippen molar-refractivity contribution in [3.05, 3.63) is 48.0 Å². The number of ether oxygens (including phenoxy) is 1. The summed E-state index contributed by atoms with van der Waals surface area (Å²) in [6, 6.07) is 9.63. The Morgan fingerprint density at radius 3 is 1.88 bits per heavy atom. The van der Waals surface area contributed by atoms with Gasteiger partial charge in [-0.05, 0) is 37.1 Å². The van der Waals surface area contributed by atoms with E-state index < -0.39 is 20.2 Å². The lowest BCUT2D eigenvalue weighted by Gasteiger charge is -2.14. The highest BCUT2D eigenvalue weighted by molar-refractivity contribution is 7.86. The molecule has 0 amide bonds. The normalized spacial score (nSPS) is 12.1. The average Bonchev–Trinajstić information content (AvgIpc) is 2.74. The maximum Gasteiger partial charge on any atom is 0.294 e. The SMILES string of the molecule is CCCCCCCCCCCCc1c(Oc2cccc(S(=O)(=O)O)c2)cccc1S(=O)(=O)O. The van der Waals surface area contributed by atoms with Crippen LogP contribution in [-0.4, -0.2) is 25.9 Å². The topological polar surface area (TPSA) is 118 Å². The Morgan fingerprint density at radius 2 is 1.30 bits per heavy atom. The van der Waals surface area contributed by atoms with Gasteiger partial charge in [-0.2, -0.15) is 16.8 Å². The van der Waals surface area contributed by atoms with Gasteiger partial charge >= 0.3 is 0 Å². The molecule has 0 atom stereocenters. The van der Waals surface area contributed by atoms with Gasteiger partial charge in [0.2, 0.25) is 0 Å². The summed E-state index contributed by atoms with van der Waals surface area (Å²) in [5.41, 5.74) is 0.344. The molecule has 184 valence electrons. The van der Waals surface area contributed by atoms with Gasteiger partial charge in [0.25, 0.3) is 20.2 Å². The number of rotatable bonds is 15. The predicted molar refractivity (Wildman–Crippen MR) is 128 cm³/mol. The van der Waals surface area contributed by atoms with Crippen molar-refractivity contribution in [2.24, 2.45) is 0 Å². The summed E-state index contributed by atoms with van der Waals surface area (Å²) in [6.07, 6.45) is 11.8. The number of unbranched alkanes of at least 4 members (excludes halogenated alkanes) is 9. The van der Waals surface area contributed by atoms with E-state index in [9.17, 15) is 25.9 Å². The van der Waals surface area contributed by atoms with Gasteiger partial charge < -0.3 is 4.74 Å². The summed E-state index contributed by atoms with van der Waals surface area (Å²) in [5.74, 6) is 0.343. The molecule has 0 aromatic heterocycles. The van der Waals surface area contributed by atoms with Gasteiger partial charge in [0.1, 0.15) is 16.4 Å². The van der Waals surface area contributed by atoms with Crippen molar-refractivity contribution in [1.29, 1.82) is 0 Å². The van der Waals surface area contributed by atoms with Crippen molar-refractivity contribution in [2.75, 3.05) is 0 Å². The van der Waals surface area contributed by atoms with Crippen molar-refractivity contribution >= 4 is 20.2 Å².